The number of rotatable bonds is 8. The van der Waals surface area contributed by atoms with E-state index in [0.29, 0.717) is 0 Å². The van der Waals surface area contributed by atoms with Gasteiger partial charge in [0.2, 0.25) is 0 Å². The molecule has 0 amide bonds. The Labute approximate surface area is 365 Å². The predicted octanol–water partition coefficient (Wildman–Crippen LogP) is 17.3. The molecule has 3 nitrogen and oxygen atoms in total. The third-order valence-corrected chi connectivity index (χ3v) is 12.4. The molecular weight excluding hydrogens is 765 g/mol. The minimum Gasteiger partial charge on any atom is -0.455 e. The van der Waals surface area contributed by atoms with Gasteiger partial charge in [0, 0.05) is 38.8 Å². The van der Waals surface area contributed by atoms with Crippen LogP contribution >= 0.6 is 0 Å². The Morgan fingerprint density at radius 1 is 0.286 bits per heavy atom. The molecule has 0 radical (unpaired) electrons. The van der Waals surface area contributed by atoms with Crippen molar-refractivity contribution in [2.75, 3.05) is 9.80 Å². The number of hydrogen-bond donors (Lipinski definition) is 0. The summed E-state index contributed by atoms with van der Waals surface area (Å²) in [6, 6.07) is 87.1. The standard InChI is InChI=1S/C60H40N2O/c1-5-20-41(21-6-1)47-38-39-54(59-52-33-15-16-37-56(52)63-60(47)59)62(46-29-11-4-12-30-46)55-40-43-24-18-34-50(57(43)49-32-14-13-31-48(49)55)51-35-17-22-42-23-19-36-53(58(42)51)61(44-25-7-2-8-26-44)45-27-9-3-10-28-45/h1-40H. The van der Waals surface area contributed by atoms with Gasteiger partial charge in [0.25, 0.3) is 0 Å². The van der Waals surface area contributed by atoms with E-state index in [-0.39, 0.29) is 0 Å². The van der Waals surface area contributed by atoms with Crippen molar-refractivity contribution in [1.82, 2.24) is 0 Å². The van der Waals surface area contributed by atoms with Crippen LogP contribution in [-0.2, 0) is 0 Å². The van der Waals surface area contributed by atoms with Gasteiger partial charge in [0.05, 0.1) is 22.4 Å². The maximum Gasteiger partial charge on any atom is 0.145 e. The molecular formula is C60H40N2O. The van der Waals surface area contributed by atoms with E-state index in [0.717, 1.165) is 78.0 Å². The first-order chi connectivity index (χ1) is 31.3. The average molecular weight is 805 g/mol. The molecule has 0 aliphatic heterocycles. The lowest BCUT2D eigenvalue weighted by Gasteiger charge is -2.29. The normalized spacial score (nSPS) is 11.5. The first-order valence-electron chi connectivity index (χ1n) is 21.5. The smallest absolute Gasteiger partial charge is 0.145 e. The van der Waals surface area contributed by atoms with Crippen LogP contribution in [-0.4, -0.2) is 0 Å². The average Bonchev–Trinajstić information content (AvgIpc) is 3.75. The van der Waals surface area contributed by atoms with Crippen molar-refractivity contribution in [3.8, 4) is 22.3 Å². The zero-order valence-corrected chi connectivity index (χ0v) is 34.4. The Morgan fingerprint density at radius 3 is 1.46 bits per heavy atom. The van der Waals surface area contributed by atoms with Gasteiger partial charge in [-0.25, -0.2) is 0 Å². The van der Waals surface area contributed by atoms with Crippen molar-refractivity contribution in [1.29, 1.82) is 0 Å². The Morgan fingerprint density at radius 2 is 0.794 bits per heavy atom. The maximum absolute atomic E-state index is 6.81. The number of nitrogens with zero attached hydrogens (tertiary/aromatic N) is 2. The molecule has 12 aromatic rings. The lowest BCUT2D eigenvalue weighted by molar-refractivity contribution is 0.670. The topological polar surface area (TPSA) is 19.6 Å². The highest BCUT2D eigenvalue weighted by Crippen LogP contribution is 2.50. The molecule has 1 heterocycles. The van der Waals surface area contributed by atoms with Crippen LogP contribution in [0.5, 0.6) is 0 Å². The summed E-state index contributed by atoms with van der Waals surface area (Å²) in [6.45, 7) is 0. The molecule has 11 aromatic carbocycles. The molecule has 0 spiro atoms. The van der Waals surface area contributed by atoms with Crippen molar-refractivity contribution in [2.24, 2.45) is 0 Å². The van der Waals surface area contributed by atoms with Crippen LogP contribution in [0.3, 0.4) is 0 Å². The number of fused-ring (bicyclic) bond motifs is 7. The van der Waals surface area contributed by atoms with Crippen LogP contribution < -0.4 is 9.80 Å². The van der Waals surface area contributed by atoms with Crippen LogP contribution in [0.1, 0.15) is 0 Å². The lowest BCUT2D eigenvalue weighted by Crippen LogP contribution is -2.11. The van der Waals surface area contributed by atoms with E-state index in [1.165, 1.54) is 32.7 Å². The van der Waals surface area contributed by atoms with E-state index in [4.69, 9.17) is 4.42 Å². The summed E-state index contributed by atoms with van der Waals surface area (Å²) in [5.41, 5.74) is 12.9. The largest absolute Gasteiger partial charge is 0.455 e. The molecule has 0 aliphatic carbocycles. The molecule has 1 aromatic heterocycles. The molecule has 63 heavy (non-hydrogen) atoms. The molecule has 0 N–H and O–H groups in total. The number of benzene rings is 11. The van der Waals surface area contributed by atoms with E-state index in [2.05, 4.69) is 252 Å². The molecule has 0 unspecified atom stereocenters. The van der Waals surface area contributed by atoms with Gasteiger partial charge < -0.3 is 14.2 Å². The molecule has 0 saturated carbocycles. The molecule has 0 saturated heterocycles. The van der Waals surface area contributed by atoms with Crippen molar-refractivity contribution in [3.63, 3.8) is 0 Å². The third kappa shape index (κ3) is 6.13. The fraction of sp³-hybridized carbons (Fsp3) is 0. The highest BCUT2D eigenvalue weighted by molar-refractivity contribution is 6.24. The number of furan rings is 1. The van der Waals surface area contributed by atoms with Gasteiger partial charge in [-0.05, 0) is 105 Å². The zero-order chi connectivity index (χ0) is 41.7. The molecule has 0 atom stereocenters. The van der Waals surface area contributed by atoms with Crippen LogP contribution in [0, 0.1) is 0 Å². The van der Waals surface area contributed by atoms with Gasteiger partial charge in [-0.1, -0.05) is 176 Å². The van der Waals surface area contributed by atoms with Crippen LogP contribution in [0.2, 0.25) is 0 Å². The summed E-state index contributed by atoms with van der Waals surface area (Å²) in [5.74, 6) is 0. The summed E-state index contributed by atoms with van der Waals surface area (Å²) in [5, 5.41) is 9.28. The molecule has 12 rings (SSSR count). The SMILES string of the molecule is c1ccc(-c2ccc(N(c3ccccc3)c3cc4cccc(-c5cccc6cccc(N(c7ccccc7)c7ccccc7)c56)c4c4ccccc34)c3c2oc2ccccc23)cc1. The summed E-state index contributed by atoms with van der Waals surface area (Å²) >= 11 is 0. The first kappa shape index (κ1) is 36.5. The van der Waals surface area contributed by atoms with Crippen molar-refractivity contribution in [3.05, 3.63) is 243 Å². The second-order valence-electron chi connectivity index (χ2n) is 16.0. The minimum atomic E-state index is 0.866. The maximum atomic E-state index is 6.81. The van der Waals surface area contributed by atoms with E-state index in [1.54, 1.807) is 0 Å². The first-order valence-corrected chi connectivity index (χ1v) is 21.5. The summed E-state index contributed by atoms with van der Waals surface area (Å²) in [4.78, 5) is 4.81. The molecule has 0 aliphatic rings. The molecule has 3 heteroatoms. The minimum absolute atomic E-state index is 0.866. The van der Waals surface area contributed by atoms with Crippen molar-refractivity contribution >= 4 is 88.4 Å². The van der Waals surface area contributed by atoms with E-state index in [1.807, 2.05) is 0 Å². The van der Waals surface area contributed by atoms with Crippen molar-refractivity contribution in [2.45, 2.75) is 0 Å². The Bertz CT molecular complexity index is 3570. The second kappa shape index (κ2) is 15.3. The quantitative estimate of drug-likeness (QED) is 0.143. The van der Waals surface area contributed by atoms with Crippen LogP contribution in [0.4, 0.5) is 34.1 Å². The molecule has 0 fully saturated rings. The fourth-order valence-electron chi connectivity index (χ4n) is 9.69. The monoisotopic (exact) mass is 804 g/mol. The van der Waals surface area contributed by atoms with Crippen molar-refractivity contribution < 1.29 is 4.42 Å². The zero-order valence-electron chi connectivity index (χ0n) is 34.4. The van der Waals surface area contributed by atoms with Crippen LogP contribution in [0.15, 0.2) is 247 Å². The van der Waals surface area contributed by atoms with Gasteiger partial charge in [0.1, 0.15) is 11.2 Å². The van der Waals surface area contributed by atoms with E-state index >= 15 is 0 Å². The Kier molecular flexibility index (Phi) is 8.83. The lowest BCUT2D eigenvalue weighted by atomic mass is 9.89. The van der Waals surface area contributed by atoms with Gasteiger partial charge >= 0.3 is 0 Å². The summed E-state index contributed by atoms with van der Waals surface area (Å²) in [6.07, 6.45) is 0. The van der Waals surface area contributed by atoms with Gasteiger partial charge in [-0.15, -0.1) is 0 Å². The van der Waals surface area contributed by atoms with Crippen LogP contribution in [0.25, 0.3) is 76.5 Å². The molecule has 0 bridgehead atoms. The second-order valence-corrected chi connectivity index (χ2v) is 16.0. The molecule has 296 valence electrons. The summed E-state index contributed by atoms with van der Waals surface area (Å²) < 4.78 is 6.81. The van der Waals surface area contributed by atoms with E-state index < -0.39 is 0 Å². The summed E-state index contributed by atoms with van der Waals surface area (Å²) in [7, 11) is 0. The highest BCUT2D eigenvalue weighted by atomic mass is 16.3. The third-order valence-electron chi connectivity index (χ3n) is 12.4. The predicted molar refractivity (Wildman–Crippen MR) is 266 cm³/mol. The number of hydrogen-bond acceptors (Lipinski definition) is 3. The Hall–Kier alpha value is -8.40. The van der Waals surface area contributed by atoms with E-state index in [9.17, 15) is 0 Å². The van der Waals surface area contributed by atoms with Gasteiger partial charge in [-0.3, -0.25) is 0 Å². The van der Waals surface area contributed by atoms with Gasteiger partial charge in [0.15, 0.2) is 0 Å². The number of para-hydroxylation sites is 4. The van der Waals surface area contributed by atoms with Gasteiger partial charge in [-0.2, -0.15) is 0 Å². The highest BCUT2D eigenvalue weighted by Gasteiger charge is 2.25. The fourth-order valence-corrected chi connectivity index (χ4v) is 9.69. The Balaban J connectivity index is 1.13. The number of anilines is 6.